The van der Waals surface area contributed by atoms with E-state index in [-0.39, 0.29) is 0 Å². The van der Waals surface area contributed by atoms with E-state index in [0.717, 1.165) is 0 Å². The van der Waals surface area contributed by atoms with Crippen molar-refractivity contribution in [3.05, 3.63) is 24.5 Å². The third kappa shape index (κ3) is 1.82. The Hall–Kier alpha value is -1.09. The Morgan fingerprint density at radius 3 is 2.35 bits per heavy atom. The van der Waals surface area contributed by atoms with Crippen LogP contribution in [0.15, 0.2) is 24.5 Å². The van der Waals surface area contributed by atoms with Gasteiger partial charge in [-0.3, -0.25) is 4.98 Å². The Kier molecular flexibility index (Phi) is 3.38. The summed E-state index contributed by atoms with van der Waals surface area (Å²) in [6.07, 6.45) is 3.87. The molecule has 0 amide bonds. The number of nitrogens with zero attached hydrogens (tertiary/aromatic N) is 2. The summed E-state index contributed by atoms with van der Waals surface area (Å²) in [6, 6.07) is 8.52. The Morgan fingerprint density at radius 1 is 1.18 bits per heavy atom. The zero-order chi connectivity index (χ0) is 12.5. The second-order valence-electron chi connectivity index (χ2n) is 4.86. The van der Waals surface area contributed by atoms with Crippen molar-refractivity contribution < 1.29 is 0 Å². The summed E-state index contributed by atoms with van der Waals surface area (Å²) in [5, 5.41) is 2.93. The molecule has 0 aliphatic rings. The first kappa shape index (κ1) is 12.4. The molecule has 0 unspecified atom stereocenters. The lowest BCUT2D eigenvalue weighted by molar-refractivity contribution is 0.979. The van der Waals surface area contributed by atoms with Gasteiger partial charge in [0.25, 0.3) is 0 Å². The van der Waals surface area contributed by atoms with Crippen molar-refractivity contribution in [3.8, 4) is 0 Å². The topological polar surface area (TPSA) is 17.8 Å². The van der Waals surface area contributed by atoms with Gasteiger partial charge < -0.3 is 4.57 Å². The second kappa shape index (κ2) is 4.65. The van der Waals surface area contributed by atoms with E-state index >= 15 is 0 Å². The van der Waals surface area contributed by atoms with Crippen LogP contribution in [0.25, 0.3) is 10.9 Å². The van der Waals surface area contributed by atoms with Crippen LogP contribution in [-0.4, -0.2) is 17.6 Å². The van der Waals surface area contributed by atoms with E-state index in [1.165, 1.54) is 29.0 Å². The van der Waals surface area contributed by atoms with Gasteiger partial charge in [0, 0.05) is 23.9 Å². The molecule has 0 saturated heterocycles. The quantitative estimate of drug-likeness (QED) is 0.757. The van der Waals surface area contributed by atoms with Gasteiger partial charge in [0.15, 0.2) is 0 Å². The summed E-state index contributed by atoms with van der Waals surface area (Å²) in [4.78, 5) is 4.24. The molecule has 0 aliphatic heterocycles. The summed E-state index contributed by atoms with van der Waals surface area (Å²) < 4.78 is 2.38. The molecule has 2 aromatic heterocycles. The predicted molar refractivity (Wildman–Crippen MR) is 77.5 cm³/mol. The molecule has 0 atom stereocenters. The largest absolute Gasteiger partial charge is 0.350 e. The van der Waals surface area contributed by atoms with Gasteiger partial charge in [-0.05, 0) is 12.1 Å². The molecule has 0 saturated carbocycles. The number of pyridine rings is 1. The molecule has 2 heterocycles. The Bertz CT molecular complexity index is 504. The van der Waals surface area contributed by atoms with Crippen LogP contribution in [0.3, 0.4) is 0 Å². The van der Waals surface area contributed by atoms with Crippen LogP contribution in [0.1, 0.15) is 20.8 Å². The highest BCUT2D eigenvalue weighted by Gasteiger charge is 2.32. The lowest BCUT2D eigenvalue weighted by atomic mass is 10.3. The fourth-order valence-electron chi connectivity index (χ4n) is 2.98. The van der Waals surface area contributed by atoms with Crippen molar-refractivity contribution in [2.24, 2.45) is 7.05 Å². The molecule has 0 N–H and O–H groups in total. The van der Waals surface area contributed by atoms with Crippen LogP contribution in [0.5, 0.6) is 0 Å². The molecular weight excluding hydrogens is 224 g/mol. The molecule has 92 valence electrons. The summed E-state index contributed by atoms with van der Waals surface area (Å²) in [5.74, 6) is 0. The number of hydrogen-bond acceptors (Lipinski definition) is 1. The van der Waals surface area contributed by atoms with E-state index < -0.39 is 8.07 Å². The number of hydrogen-bond donors (Lipinski definition) is 0. The van der Waals surface area contributed by atoms with Crippen molar-refractivity contribution in [3.63, 3.8) is 0 Å². The highest BCUT2D eigenvalue weighted by Crippen LogP contribution is 2.23. The Labute approximate surface area is 105 Å². The van der Waals surface area contributed by atoms with Gasteiger partial charge in [0.2, 0.25) is 0 Å². The Balaban J connectivity index is 2.65. The summed E-state index contributed by atoms with van der Waals surface area (Å²) in [5.41, 5.74) is 1.27. The van der Waals surface area contributed by atoms with Crippen molar-refractivity contribution in [1.82, 2.24) is 9.55 Å². The van der Waals surface area contributed by atoms with Crippen molar-refractivity contribution in [2.75, 3.05) is 0 Å². The smallest absolute Gasteiger partial charge is 0.107 e. The van der Waals surface area contributed by atoms with E-state index in [2.05, 4.69) is 49.5 Å². The van der Waals surface area contributed by atoms with Gasteiger partial charge in [-0.1, -0.05) is 38.9 Å². The molecule has 3 heteroatoms. The minimum absolute atomic E-state index is 1.27. The molecular formula is C14H22N2Si. The maximum Gasteiger partial charge on any atom is 0.107 e. The van der Waals surface area contributed by atoms with Gasteiger partial charge >= 0.3 is 0 Å². The highest BCUT2D eigenvalue weighted by atomic mass is 28.3. The molecule has 2 aromatic rings. The van der Waals surface area contributed by atoms with Gasteiger partial charge in [-0.15, -0.1) is 0 Å². The average molecular weight is 246 g/mol. The summed E-state index contributed by atoms with van der Waals surface area (Å²) in [6.45, 7) is 7.07. The number of rotatable bonds is 4. The first-order valence-electron chi connectivity index (χ1n) is 6.58. The van der Waals surface area contributed by atoms with Crippen molar-refractivity contribution in [1.29, 1.82) is 0 Å². The minimum atomic E-state index is -1.29. The van der Waals surface area contributed by atoms with E-state index in [1.54, 1.807) is 5.32 Å². The highest BCUT2D eigenvalue weighted by molar-refractivity contribution is 6.91. The normalized spacial score (nSPS) is 12.2. The summed E-state index contributed by atoms with van der Waals surface area (Å²) in [7, 11) is 0.911. The molecule has 0 spiro atoms. The lowest BCUT2D eigenvalue weighted by Gasteiger charge is -2.28. The van der Waals surface area contributed by atoms with Crippen LogP contribution in [0, 0.1) is 0 Å². The van der Waals surface area contributed by atoms with E-state index in [1.807, 2.05) is 12.4 Å². The van der Waals surface area contributed by atoms with Crippen LogP contribution < -0.4 is 5.32 Å². The monoisotopic (exact) mass is 246 g/mol. The fourth-order valence-corrected chi connectivity index (χ4v) is 6.86. The van der Waals surface area contributed by atoms with Crippen LogP contribution in [0.2, 0.25) is 18.1 Å². The van der Waals surface area contributed by atoms with E-state index in [0.29, 0.717) is 0 Å². The predicted octanol–water partition coefficient (Wildman–Crippen LogP) is 3.29. The number of aryl methyl sites for hydroxylation is 1. The third-order valence-electron chi connectivity index (χ3n) is 4.42. The molecule has 0 fully saturated rings. The molecule has 0 bridgehead atoms. The SMILES string of the molecule is CC[Si](CC)(CC)c1cc2ccncc2n1C. The molecule has 2 rings (SSSR count). The molecule has 2 nitrogen and oxygen atoms in total. The number of fused-ring (bicyclic) bond motifs is 1. The van der Waals surface area contributed by atoms with E-state index in [9.17, 15) is 0 Å². The molecule has 0 aromatic carbocycles. The first-order chi connectivity index (χ1) is 8.18. The molecule has 17 heavy (non-hydrogen) atoms. The molecule has 0 aliphatic carbocycles. The first-order valence-corrected chi connectivity index (χ1v) is 9.20. The van der Waals surface area contributed by atoms with Gasteiger partial charge in [-0.25, -0.2) is 0 Å². The Morgan fingerprint density at radius 2 is 1.82 bits per heavy atom. The lowest BCUT2D eigenvalue weighted by Crippen LogP contribution is -2.48. The third-order valence-corrected chi connectivity index (χ3v) is 10.0. The van der Waals surface area contributed by atoms with E-state index in [4.69, 9.17) is 0 Å². The second-order valence-corrected chi connectivity index (χ2v) is 10.1. The van der Waals surface area contributed by atoms with Gasteiger partial charge in [0.05, 0.1) is 11.7 Å². The molecule has 0 radical (unpaired) electrons. The van der Waals surface area contributed by atoms with Crippen LogP contribution in [0.4, 0.5) is 0 Å². The van der Waals surface area contributed by atoms with Crippen molar-refractivity contribution >= 4 is 24.3 Å². The standard InChI is InChI=1S/C14H22N2Si/c1-5-17(6-2,7-3)14-10-12-8-9-15-11-13(12)16(14)4/h8-11H,5-7H2,1-4H3. The number of aromatic nitrogens is 2. The van der Waals surface area contributed by atoms with Gasteiger partial charge in [-0.2, -0.15) is 0 Å². The maximum atomic E-state index is 4.24. The summed E-state index contributed by atoms with van der Waals surface area (Å²) >= 11 is 0. The fraction of sp³-hybridized carbons (Fsp3) is 0.500. The minimum Gasteiger partial charge on any atom is -0.350 e. The maximum absolute atomic E-state index is 4.24. The van der Waals surface area contributed by atoms with Crippen LogP contribution in [-0.2, 0) is 7.05 Å². The van der Waals surface area contributed by atoms with Crippen molar-refractivity contribution in [2.45, 2.75) is 38.9 Å². The zero-order valence-corrected chi connectivity index (χ0v) is 12.3. The average Bonchev–Trinajstić information content (AvgIpc) is 2.72. The zero-order valence-electron chi connectivity index (χ0n) is 11.3. The van der Waals surface area contributed by atoms with Gasteiger partial charge in [0.1, 0.15) is 8.07 Å². The van der Waals surface area contributed by atoms with Crippen LogP contribution >= 0.6 is 0 Å².